The summed E-state index contributed by atoms with van der Waals surface area (Å²) in [5.41, 5.74) is 2.78. The van der Waals surface area contributed by atoms with Gasteiger partial charge < -0.3 is 14.4 Å². The second-order valence-electron chi connectivity index (χ2n) is 9.36. The summed E-state index contributed by atoms with van der Waals surface area (Å²) >= 11 is 0. The van der Waals surface area contributed by atoms with Gasteiger partial charge in [0.2, 0.25) is 5.88 Å². The van der Waals surface area contributed by atoms with Crippen LogP contribution in [0.5, 0.6) is 17.4 Å². The molecule has 1 unspecified atom stereocenters. The Morgan fingerprint density at radius 2 is 1.74 bits per heavy atom. The van der Waals surface area contributed by atoms with Crippen molar-refractivity contribution >= 4 is 5.91 Å². The Balaban J connectivity index is 1.28. The molecule has 0 radical (unpaired) electrons. The minimum atomic E-state index is 0.0859. The van der Waals surface area contributed by atoms with Gasteiger partial charge in [0.05, 0.1) is 7.11 Å². The number of hydrogen-bond acceptors (Lipinski definition) is 6. The van der Waals surface area contributed by atoms with Gasteiger partial charge >= 0.3 is 0 Å². The molecule has 2 fully saturated rings. The summed E-state index contributed by atoms with van der Waals surface area (Å²) in [7, 11) is 1.64. The number of hydrogen-bond donors (Lipinski definition) is 0. The van der Waals surface area contributed by atoms with Gasteiger partial charge in [0.15, 0.2) is 0 Å². The van der Waals surface area contributed by atoms with E-state index in [1.54, 1.807) is 7.11 Å². The highest BCUT2D eigenvalue weighted by atomic mass is 16.5. The Morgan fingerprint density at radius 1 is 1.00 bits per heavy atom. The molecule has 7 nitrogen and oxygen atoms in total. The molecule has 0 saturated carbocycles. The minimum Gasteiger partial charge on any atom is -0.497 e. The molecule has 3 heterocycles. The van der Waals surface area contributed by atoms with Crippen LogP contribution in [0.2, 0.25) is 0 Å². The van der Waals surface area contributed by atoms with Crippen molar-refractivity contribution < 1.29 is 14.3 Å². The molecule has 5 rings (SSSR count). The largest absolute Gasteiger partial charge is 0.497 e. The fourth-order valence-electron chi connectivity index (χ4n) is 4.94. The van der Waals surface area contributed by atoms with E-state index in [-0.39, 0.29) is 11.8 Å². The number of nitrogens with zero attached hydrogens (tertiary/aromatic N) is 4. The van der Waals surface area contributed by atoms with Crippen molar-refractivity contribution in [3.05, 3.63) is 77.2 Å². The Hall–Kier alpha value is -3.45. The first-order valence-electron chi connectivity index (χ1n) is 12.4. The monoisotopic (exact) mass is 472 g/mol. The number of ether oxygens (including phenoxy) is 2. The number of carbonyl (C=O) groups is 1. The number of amides is 1. The van der Waals surface area contributed by atoms with Crippen LogP contribution in [0.25, 0.3) is 0 Å². The van der Waals surface area contributed by atoms with Crippen LogP contribution >= 0.6 is 0 Å². The van der Waals surface area contributed by atoms with Gasteiger partial charge in [-0.05, 0) is 75.2 Å². The standard InChI is InChI=1S/C28H32N4O3/c1-20-17-26(35-24-11-9-23(34-2)10-12-24)30-27(29-20)22-13-16-32(19-22)28(33)25-8-4-3-7-21(25)18-31-14-5-6-15-31/h3-4,7-12,17,22H,5-6,13-16,18-19H2,1-2H3. The Labute approximate surface area is 206 Å². The summed E-state index contributed by atoms with van der Waals surface area (Å²) in [6.45, 7) is 6.32. The summed E-state index contributed by atoms with van der Waals surface area (Å²) in [6, 6.07) is 17.3. The van der Waals surface area contributed by atoms with Gasteiger partial charge in [-0.2, -0.15) is 4.98 Å². The molecule has 1 amide bonds. The summed E-state index contributed by atoms with van der Waals surface area (Å²) in [5.74, 6) is 2.89. The SMILES string of the molecule is COc1ccc(Oc2cc(C)nc(C3CCN(C(=O)c4ccccc4CN4CCCC4)C3)n2)cc1. The average molecular weight is 473 g/mol. The Morgan fingerprint density at radius 3 is 2.51 bits per heavy atom. The van der Waals surface area contributed by atoms with Crippen LogP contribution < -0.4 is 9.47 Å². The van der Waals surface area contributed by atoms with Crippen LogP contribution in [0.15, 0.2) is 54.6 Å². The Bertz CT molecular complexity index is 1180. The van der Waals surface area contributed by atoms with Gasteiger partial charge in [0, 0.05) is 42.9 Å². The van der Waals surface area contributed by atoms with E-state index in [1.807, 2.05) is 60.4 Å². The van der Waals surface area contributed by atoms with Gasteiger partial charge in [-0.3, -0.25) is 9.69 Å². The van der Waals surface area contributed by atoms with Crippen LogP contribution in [0.3, 0.4) is 0 Å². The maximum absolute atomic E-state index is 13.5. The lowest BCUT2D eigenvalue weighted by molar-refractivity contribution is 0.0788. The molecule has 3 aromatic rings. The van der Waals surface area contributed by atoms with E-state index < -0.39 is 0 Å². The van der Waals surface area contributed by atoms with Gasteiger partial charge in [0.25, 0.3) is 5.91 Å². The van der Waals surface area contributed by atoms with Crippen molar-refractivity contribution in [2.75, 3.05) is 33.3 Å². The zero-order valence-electron chi connectivity index (χ0n) is 20.4. The fourth-order valence-corrected chi connectivity index (χ4v) is 4.94. The highest BCUT2D eigenvalue weighted by Crippen LogP contribution is 2.30. The third kappa shape index (κ3) is 5.46. The molecule has 182 valence electrons. The van der Waals surface area contributed by atoms with Crippen molar-refractivity contribution in [2.45, 2.75) is 38.6 Å². The molecular formula is C28H32N4O3. The lowest BCUT2D eigenvalue weighted by Crippen LogP contribution is -2.30. The number of methoxy groups -OCH3 is 1. The predicted molar refractivity (Wildman–Crippen MR) is 134 cm³/mol. The zero-order valence-corrected chi connectivity index (χ0v) is 20.4. The van der Waals surface area contributed by atoms with Crippen LogP contribution in [0.1, 0.15) is 52.6 Å². The van der Waals surface area contributed by atoms with Gasteiger partial charge in [-0.1, -0.05) is 18.2 Å². The first-order chi connectivity index (χ1) is 17.1. The van der Waals surface area contributed by atoms with E-state index >= 15 is 0 Å². The lowest BCUT2D eigenvalue weighted by Gasteiger charge is -2.21. The summed E-state index contributed by atoms with van der Waals surface area (Å²) in [4.78, 5) is 27.2. The van der Waals surface area contributed by atoms with Gasteiger partial charge in [-0.15, -0.1) is 0 Å². The molecule has 0 bridgehead atoms. The Kier molecular flexibility index (Phi) is 6.95. The first-order valence-corrected chi connectivity index (χ1v) is 12.4. The number of rotatable bonds is 7. The number of likely N-dealkylation sites (tertiary alicyclic amines) is 2. The van der Waals surface area contributed by atoms with Gasteiger partial charge in [0.1, 0.15) is 17.3 Å². The molecule has 2 aromatic carbocycles. The maximum Gasteiger partial charge on any atom is 0.254 e. The highest BCUT2D eigenvalue weighted by Gasteiger charge is 2.31. The second-order valence-corrected chi connectivity index (χ2v) is 9.36. The smallest absolute Gasteiger partial charge is 0.254 e. The normalized spacial score (nSPS) is 18.1. The van der Waals surface area contributed by atoms with Crippen molar-refractivity contribution in [3.63, 3.8) is 0 Å². The van der Waals surface area contributed by atoms with Crippen LogP contribution in [0, 0.1) is 6.92 Å². The van der Waals surface area contributed by atoms with E-state index in [1.165, 1.54) is 12.8 Å². The molecule has 1 atom stereocenters. The highest BCUT2D eigenvalue weighted by molar-refractivity contribution is 5.96. The molecule has 1 aromatic heterocycles. The van der Waals surface area contributed by atoms with E-state index in [0.717, 1.165) is 54.4 Å². The summed E-state index contributed by atoms with van der Waals surface area (Å²) < 4.78 is 11.2. The molecule has 2 saturated heterocycles. The third-order valence-corrected chi connectivity index (χ3v) is 6.81. The number of carbonyl (C=O) groups excluding carboxylic acids is 1. The van der Waals surface area contributed by atoms with Crippen molar-refractivity contribution in [3.8, 4) is 17.4 Å². The maximum atomic E-state index is 13.5. The average Bonchev–Trinajstić information content (AvgIpc) is 3.57. The zero-order chi connectivity index (χ0) is 24.2. The van der Waals surface area contributed by atoms with Crippen LogP contribution in [-0.2, 0) is 6.54 Å². The van der Waals surface area contributed by atoms with Crippen LogP contribution in [0.4, 0.5) is 0 Å². The first kappa shape index (κ1) is 23.3. The van der Waals surface area contributed by atoms with E-state index in [9.17, 15) is 4.79 Å². The van der Waals surface area contributed by atoms with E-state index in [2.05, 4.69) is 16.0 Å². The third-order valence-electron chi connectivity index (χ3n) is 6.81. The van der Waals surface area contributed by atoms with E-state index in [4.69, 9.17) is 14.5 Å². The topological polar surface area (TPSA) is 67.8 Å². The van der Waals surface area contributed by atoms with Crippen molar-refractivity contribution in [2.24, 2.45) is 0 Å². The lowest BCUT2D eigenvalue weighted by atomic mass is 10.1. The molecule has 7 heteroatoms. The summed E-state index contributed by atoms with van der Waals surface area (Å²) in [5, 5.41) is 0. The molecule has 2 aliphatic heterocycles. The molecule has 35 heavy (non-hydrogen) atoms. The van der Waals surface area contributed by atoms with Crippen LogP contribution in [-0.4, -0.2) is 59.0 Å². The fraction of sp³-hybridized carbons (Fsp3) is 0.393. The quantitative estimate of drug-likeness (QED) is 0.492. The molecule has 0 spiro atoms. The van der Waals surface area contributed by atoms with Crippen molar-refractivity contribution in [1.29, 1.82) is 0 Å². The predicted octanol–water partition coefficient (Wildman–Crippen LogP) is 4.81. The number of aryl methyl sites for hydroxylation is 1. The molecule has 0 aliphatic carbocycles. The second kappa shape index (κ2) is 10.4. The number of aromatic nitrogens is 2. The van der Waals surface area contributed by atoms with E-state index in [0.29, 0.717) is 24.7 Å². The van der Waals surface area contributed by atoms with Crippen molar-refractivity contribution in [1.82, 2.24) is 19.8 Å². The molecular weight excluding hydrogens is 440 g/mol. The number of benzene rings is 2. The van der Waals surface area contributed by atoms with Gasteiger partial charge in [-0.25, -0.2) is 4.98 Å². The summed E-state index contributed by atoms with van der Waals surface area (Å²) in [6.07, 6.45) is 3.32. The molecule has 2 aliphatic rings. The molecule has 0 N–H and O–H groups in total. The minimum absolute atomic E-state index is 0.0859.